The summed E-state index contributed by atoms with van der Waals surface area (Å²) in [5.74, 6) is -4.58. The van der Waals surface area contributed by atoms with Gasteiger partial charge >= 0.3 is 5.97 Å². The van der Waals surface area contributed by atoms with Gasteiger partial charge in [-0.15, -0.1) is 0 Å². The number of ether oxygens (including phenoxy) is 2. The first-order chi connectivity index (χ1) is 16.9. The van der Waals surface area contributed by atoms with Gasteiger partial charge in [0.25, 0.3) is 0 Å². The predicted octanol–water partition coefficient (Wildman–Crippen LogP) is 2.55. The number of carbonyl (C=O) groups is 2. The lowest BCUT2D eigenvalue weighted by Crippen LogP contribution is -2.97. The maximum absolute atomic E-state index is 14.5. The van der Waals surface area contributed by atoms with Crippen molar-refractivity contribution in [2.24, 2.45) is 39.9 Å². The van der Waals surface area contributed by atoms with Crippen molar-refractivity contribution in [3.63, 3.8) is 0 Å². The van der Waals surface area contributed by atoms with Crippen molar-refractivity contribution in [3.8, 4) is 0 Å². The quantitative estimate of drug-likeness (QED) is 0.428. The lowest BCUT2D eigenvalue weighted by Gasteiger charge is -2.84. The van der Waals surface area contributed by atoms with Crippen molar-refractivity contribution in [2.75, 3.05) is 6.61 Å². The van der Waals surface area contributed by atoms with Crippen LogP contribution in [0, 0.1) is 46.8 Å². The Balaban J connectivity index is 1.35. The molecule has 5 saturated carbocycles. The van der Waals surface area contributed by atoms with Crippen LogP contribution in [0.5, 0.6) is 0 Å². The molecule has 7 nitrogen and oxygen atoms in total. The average molecular weight is 495 g/mol. The summed E-state index contributed by atoms with van der Waals surface area (Å²) >= 11 is 0. The number of esters is 1. The number of ketones is 1. The van der Waals surface area contributed by atoms with Crippen LogP contribution in [-0.4, -0.2) is 57.3 Å². The minimum atomic E-state index is -2.10. The Labute approximate surface area is 210 Å². The Morgan fingerprint density at radius 2 is 1.81 bits per heavy atom. The van der Waals surface area contributed by atoms with Gasteiger partial charge in [-0.25, -0.2) is 4.79 Å². The third kappa shape index (κ3) is 2.06. The van der Waals surface area contributed by atoms with Crippen LogP contribution in [-0.2, 0) is 14.3 Å². The summed E-state index contributed by atoms with van der Waals surface area (Å²) in [5, 5.41) is 35.4. The van der Waals surface area contributed by atoms with E-state index in [1.165, 1.54) is 0 Å². The number of aliphatic hydroxyl groups is 3. The van der Waals surface area contributed by atoms with Crippen molar-refractivity contribution in [1.82, 2.24) is 0 Å². The Hall–Kier alpha value is -2.06. The zero-order valence-electron chi connectivity index (χ0n) is 21.0. The van der Waals surface area contributed by atoms with E-state index >= 15 is 0 Å². The second kappa shape index (κ2) is 6.49. The number of hydrogen-bond acceptors (Lipinski definition) is 7. The van der Waals surface area contributed by atoms with Crippen LogP contribution in [0.15, 0.2) is 36.4 Å². The van der Waals surface area contributed by atoms with Gasteiger partial charge in [0.15, 0.2) is 11.4 Å². The summed E-state index contributed by atoms with van der Waals surface area (Å²) in [5.41, 5.74) is -2.25. The second-order valence-corrected chi connectivity index (χ2v) is 13.0. The fourth-order valence-electron chi connectivity index (χ4n) is 10.1. The average Bonchev–Trinajstić information content (AvgIpc) is 2.84. The van der Waals surface area contributed by atoms with Gasteiger partial charge in [0.1, 0.15) is 11.5 Å². The molecule has 0 aromatic heterocycles. The third-order valence-corrected chi connectivity index (χ3v) is 11.4. The predicted molar refractivity (Wildman–Crippen MR) is 127 cm³/mol. The first kappa shape index (κ1) is 23.1. The van der Waals surface area contributed by atoms with Gasteiger partial charge in [-0.3, -0.25) is 4.79 Å². The summed E-state index contributed by atoms with van der Waals surface area (Å²) < 4.78 is 12.1. The molecule has 2 aliphatic heterocycles. The molecule has 5 aliphatic carbocycles. The Kier molecular flexibility index (Phi) is 4.16. The minimum Gasteiger partial charge on any atom is -0.442 e. The molecule has 2 bridgehead atoms. The largest absolute Gasteiger partial charge is 0.442 e. The molecule has 2 saturated heterocycles. The number of aryl methyl sites for hydroxylation is 1. The number of aliphatic hydroxyl groups excluding tert-OH is 2. The van der Waals surface area contributed by atoms with Gasteiger partial charge in [0, 0.05) is 17.3 Å². The van der Waals surface area contributed by atoms with E-state index in [0.717, 1.165) is 12.0 Å². The molecule has 7 heteroatoms. The standard InChI is InChI=1S/C29H34O7/c1-14-5-7-16(8-6-14)23(32)36-28-15(2)17-9-10-18-26-13-35-29(34,27(18,20(17)28)24(28)33)22(31)21(26)25(3,4)12-11-19(26)30/h5-8,17-22,30-31,34H,2,9-13H2,1,3-4H3/t17-,18-,19-,20+,21+,22-,26+,27+,28-,29?/m0/s1. The van der Waals surface area contributed by atoms with Crippen molar-refractivity contribution in [2.45, 2.75) is 70.1 Å². The number of hydrogen-bond donors (Lipinski definition) is 3. The normalized spacial score (nSPS) is 51.3. The molecule has 0 amide bonds. The minimum absolute atomic E-state index is 0.101. The molecule has 192 valence electrons. The van der Waals surface area contributed by atoms with Crippen molar-refractivity contribution in [3.05, 3.63) is 47.5 Å². The maximum atomic E-state index is 14.5. The number of rotatable bonds is 2. The van der Waals surface area contributed by atoms with E-state index in [2.05, 4.69) is 20.4 Å². The van der Waals surface area contributed by atoms with Crippen LogP contribution in [0.1, 0.15) is 55.5 Å². The molecule has 7 aliphatic rings. The van der Waals surface area contributed by atoms with E-state index in [1.54, 1.807) is 12.1 Å². The number of Topliss-reactive ketones (excluding diaryl/α,β-unsaturated/α-hetero) is 1. The molecule has 1 aromatic rings. The number of benzene rings is 1. The van der Waals surface area contributed by atoms with Crippen molar-refractivity contribution in [1.29, 1.82) is 0 Å². The lowest BCUT2D eigenvalue weighted by atomic mass is 9.21. The third-order valence-electron chi connectivity index (χ3n) is 11.4. The molecule has 10 atom stereocenters. The lowest BCUT2D eigenvalue weighted by molar-refractivity contribution is -0.483. The first-order valence-electron chi connectivity index (χ1n) is 13.2. The van der Waals surface area contributed by atoms with Gasteiger partial charge in [-0.2, -0.15) is 0 Å². The highest BCUT2D eigenvalue weighted by Gasteiger charge is 2.97. The Morgan fingerprint density at radius 3 is 2.50 bits per heavy atom. The van der Waals surface area contributed by atoms with E-state index in [9.17, 15) is 24.9 Å². The van der Waals surface area contributed by atoms with Crippen LogP contribution < -0.4 is 0 Å². The summed E-state index contributed by atoms with van der Waals surface area (Å²) in [6.45, 7) is 10.3. The molecular formula is C29H34O7. The smallest absolute Gasteiger partial charge is 0.339 e. The van der Waals surface area contributed by atoms with E-state index in [-0.39, 0.29) is 23.9 Å². The first-order valence-corrected chi connectivity index (χ1v) is 13.2. The van der Waals surface area contributed by atoms with E-state index in [1.807, 2.05) is 19.1 Å². The molecule has 1 unspecified atom stereocenters. The van der Waals surface area contributed by atoms with Crippen LogP contribution in [0.4, 0.5) is 0 Å². The Morgan fingerprint density at radius 1 is 1.11 bits per heavy atom. The van der Waals surface area contributed by atoms with Crippen LogP contribution in [0.3, 0.4) is 0 Å². The zero-order valence-corrected chi connectivity index (χ0v) is 21.0. The maximum Gasteiger partial charge on any atom is 0.339 e. The van der Waals surface area contributed by atoms with Crippen LogP contribution in [0.25, 0.3) is 0 Å². The van der Waals surface area contributed by atoms with Gasteiger partial charge in [-0.05, 0) is 67.6 Å². The highest BCUT2D eigenvalue weighted by molar-refractivity contribution is 6.10. The summed E-state index contributed by atoms with van der Waals surface area (Å²) in [6, 6.07) is 6.96. The molecule has 2 heterocycles. The topological polar surface area (TPSA) is 113 Å². The molecule has 3 N–H and O–H groups in total. The summed E-state index contributed by atoms with van der Waals surface area (Å²) in [7, 11) is 0. The number of carbonyl (C=O) groups excluding carboxylic acids is 2. The molecule has 8 rings (SSSR count). The van der Waals surface area contributed by atoms with E-state index in [0.29, 0.717) is 30.4 Å². The van der Waals surface area contributed by atoms with Crippen molar-refractivity contribution >= 4 is 11.8 Å². The van der Waals surface area contributed by atoms with Gasteiger partial charge in [0.2, 0.25) is 5.79 Å². The van der Waals surface area contributed by atoms with E-state index in [4.69, 9.17) is 9.47 Å². The van der Waals surface area contributed by atoms with Gasteiger partial charge in [-0.1, -0.05) is 38.1 Å². The SMILES string of the molecule is C=C1[C@@H]2CC[C@H]3[C@@]45COC(O)([C@@H](O)[C@@H]4C(C)(C)CC[C@@H]5O)[C@]34C(=O)[C@@]1(OC(=O)c1ccc(C)cc1)[C@H]24. The zero-order chi connectivity index (χ0) is 25.6. The molecule has 1 aromatic carbocycles. The number of fused-ring (bicyclic) bond motifs is 1. The highest BCUT2D eigenvalue weighted by Crippen LogP contribution is 2.85. The summed E-state index contributed by atoms with van der Waals surface area (Å²) in [6.07, 6.45) is 0.524. The van der Waals surface area contributed by atoms with Crippen LogP contribution >= 0.6 is 0 Å². The van der Waals surface area contributed by atoms with Gasteiger partial charge < -0.3 is 24.8 Å². The molecule has 36 heavy (non-hydrogen) atoms. The molecule has 7 fully saturated rings. The highest BCUT2D eigenvalue weighted by atomic mass is 16.6. The second-order valence-electron chi connectivity index (χ2n) is 13.0. The monoisotopic (exact) mass is 494 g/mol. The fourth-order valence-corrected chi connectivity index (χ4v) is 10.1. The summed E-state index contributed by atoms with van der Waals surface area (Å²) in [4.78, 5) is 27.6. The van der Waals surface area contributed by atoms with Gasteiger partial charge in [0.05, 0.1) is 18.3 Å². The molecular weight excluding hydrogens is 460 g/mol. The van der Waals surface area contributed by atoms with Crippen LogP contribution in [0.2, 0.25) is 0 Å². The fraction of sp³-hybridized carbons (Fsp3) is 0.655. The van der Waals surface area contributed by atoms with E-state index < -0.39 is 58.0 Å². The Bertz CT molecular complexity index is 1220. The molecule has 0 radical (unpaired) electrons. The van der Waals surface area contributed by atoms with Crippen molar-refractivity contribution < 1.29 is 34.4 Å². The molecule has 2 spiro atoms.